The molecule has 0 aromatic rings. The second kappa shape index (κ2) is 80.9. The largest absolute Gasteiger partial charge is 0.472 e. The molecule has 0 bridgehead atoms. The minimum absolute atomic E-state index is 0.0529. The molecule has 622 valence electrons. The van der Waals surface area contributed by atoms with E-state index in [-0.39, 0.29) is 25.7 Å². The fourth-order valence-electron chi connectivity index (χ4n) is 10.4. The van der Waals surface area contributed by atoms with Gasteiger partial charge in [0.25, 0.3) is 0 Å². The second-order valence-corrected chi connectivity index (χ2v) is 29.8. The molecule has 0 heterocycles. The molecular weight excluding hydrogens is 1430 g/mol. The predicted octanol–water partition coefficient (Wildman–Crippen LogP) is 24.9. The number of esters is 4. The van der Waals surface area contributed by atoms with Crippen LogP contribution in [0, 0.1) is 0 Å². The zero-order chi connectivity index (χ0) is 80.3. The first-order valence-corrected chi connectivity index (χ1v) is 44.7. The Balaban J connectivity index is 5.49. The Kier molecular flexibility index (Phi) is 76.4. The number of aliphatic hydroxyl groups is 1. The maximum absolute atomic E-state index is 13.1. The number of carbonyl (C=O) groups is 4. The van der Waals surface area contributed by atoms with Gasteiger partial charge in [-0.3, -0.25) is 37.3 Å². The number of phosphoric acid groups is 2. The van der Waals surface area contributed by atoms with Crippen LogP contribution in [0.25, 0.3) is 0 Å². The normalized spacial score (nSPS) is 14.8. The molecule has 5 atom stereocenters. The lowest BCUT2D eigenvalue weighted by Gasteiger charge is -2.21. The van der Waals surface area contributed by atoms with Crippen molar-refractivity contribution in [2.75, 3.05) is 39.6 Å². The van der Waals surface area contributed by atoms with Gasteiger partial charge in [-0.05, 0) is 180 Å². The maximum Gasteiger partial charge on any atom is 0.472 e. The third-order valence-electron chi connectivity index (χ3n) is 16.5. The predicted molar refractivity (Wildman–Crippen MR) is 454 cm³/mol. The van der Waals surface area contributed by atoms with Crippen molar-refractivity contribution in [1.29, 1.82) is 0 Å². The average molecular weight is 1570 g/mol. The topological polar surface area (TPSA) is 237 Å². The van der Waals surface area contributed by atoms with Crippen molar-refractivity contribution < 1.29 is 80.2 Å². The molecule has 0 saturated heterocycles. The van der Waals surface area contributed by atoms with E-state index >= 15 is 0 Å². The Morgan fingerprint density at radius 2 is 0.445 bits per heavy atom. The van der Waals surface area contributed by atoms with E-state index in [1.165, 1.54) is 0 Å². The quantitative estimate of drug-likeness (QED) is 0.0169. The number of ether oxygens (including phenoxy) is 4. The summed E-state index contributed by atoms with van der Waals surface area (Å²) in [5, 5.41) is 10.7. The van der Waals surface area contributed by atoms with Crippen LogP contribution < -0.4 is 0 Å². The summed E-state index contributed by atoms with van der Waals surface area (Å²) in [7, 11) is -10.0. The summed E-state index contributed by atoms with van der Waals surface area (Å²) < 4.78 is 68.7. The van der Waals surface area contributed by atoms with Crippen molar-refractivity contribution in [3.8, 4) is 0 Å². The molecule has 0 aliphatic heterocycles. The first kappa shape index (κ1) is 104. The van der Waals surface area contributed by atoms with E-state index in [0.29, 0.717) is 25.7 Å². The van der Waals surface area contributed by atoms with Crippen LogP contribution >= 0.6 is 15.6 Å². The van der Waals surface area contributed by atoms with Gasteiger partial charge in [0.2, 0.25) is 0 Å². The maximum atomic E-state index is 13.1. The molecule has 17 nitrogen and oxygen atoms in total. The molecule has 0 rings (SSSR count). The Morgan fingerprint density at radius 1 is 0.255 bits per heavy atom. The smallest absolute Gasteiger partial charge is 0.462 e. The van der Waals surface area contributed by atoms with Gasteiger partial charge in [0.05, 0.1) is 26.4 Å². The number of aliphatic hydroxyl groups excluding tert-OH is 1. The van der Waals surface area contributed by atoms with Gasteiger partial charge in [0, 0.05) is 25.7 Å². The fourth-order valence-corrected chi connectivity index (χ4v) is 11.9. The molecule has 0 amide bonds. The Bertz CT molecular complexity index is 2850. The van der Waals surface area contributed by atoms with Crippen LogP contribution in [0.2, 0.25) is 0 Å². The zero-order valence-electron chi connectivity index (χ0n) is 68.1. The van der Waals surface area contributed by atoms with Crippen molar-refractivity contribution in [3.05, 3.63) is 194 Å². The number of carbonyl (C=O) groups excluding carboxylic acids is 4. The van der Waals surface area contributed by atoms with Crippen LogP contribution in [0.15, 0.2) is 194 Å². The van der Waals surface area contributed by atoms with Crippen LogP contribution in [0.3, 0.4) is 0 Å². The molecule has 3 N–H and O–H groups in total. The highest BCUT2D eigenvalue weighted by atomic mass is 31.2. The van der Waals surface area contributed by atoms with Gasteiger partial charge in [-0.25, -0.2) is 9.13 Å². The van der Waals surface area contributed by atoms with Gasteiger partial charge >= 0.3 is 39.5 Å². The van der Waals surface area contributed by atoms with Gasteiger partial charge in [-0.15, -0.1) is 0 Å². The van der Waals surface area contributed by atoms with E-state index in [0.717, 1.165) is 218 Å². The Morgan fingerprint density at radius 3 is 0.691 bits per heavy atom. The number of hydrogen-bond acceptors (Lipinski definition) is 15. The summed E-state index contributed by atoms with van der Waals surface area (Å²) in [5.74, 6) is -2.29. The molecular formula is C91H146O17P2. The van der Waals surface area contributed by atoms with Gasteiger partial charge in [-0.1, -0.05) is 286 Å². The summed E-state index contributed by atoms with van der Waals surface area (Å²) in [6.45, 7) is 4.31. The van der Waals surface area contributed by atoms with Gasteiger partial charge < -0.3 is 33.8 Å². The first-order valence-electron chi connectivity index (χ1n) is 41.7. The molecule has 0 aromatic carbocycles. The summed E-state index contributed by atoms with van der Waals surface area (Å²) in [4.78, 5) is 73.2. The van der Waals surface area contributed by atoms with Gasteiger partial charge in [-0.2, -0.15) is 0 Å². The summed E-state index contributed by atoms with van der Waals surface area (Å²) in [6.07, 6.45) is 99.6. The van der Waals surface area contributed by atoms with Crippen LogP contribution in [0.4, 0.5) is 0 Å². The molecule has 0 radical (unpaired) electrons. The minimum Gasteiger partial charge on any atom is -0.462 e. The lowest BCUT2D eigenvalue weighted by atomic mass is 10.1. The van der Waals surface area contributed by atoms with E-state index in [1.807, 2.05) is 0 Å². The number of unbranched alkanes of at least 4 members (excludes halogenated alkanes) is 18. The third kappa shape index (κ3) is 80.0. The van der Waals surface area contributed by atoms with E-state index in [9.17, 15) is 43.2 Å². The van der Waals surface area contributed by atoms with Gasteiger partial charge in [0.15, 0.2) is 12.2 Å². The molecule has 0 spiro atoms. The molecule has 0 aromatic heterocycles. The van der Waals surface area contributed by atoms with Crippen molar-refractivity contribution in [1.82, 2.24) is 0 Å². The number of rotatable bonds is 76. The van der Waals surface area contributed by atoms with Gasteiger partial charge in [0.1, 0.15) is 19.3 Å². The number of hydrogen-bond donors (Lipinski definition) is 3. The summed E-state index contributed by atoms with van der Waals surface area (Å²) >= 11 is 0. The standard InChI is InChI=1S/C91H146O17P2/c1-5-9-13-17-21-25-29-33-37-41-42-46-48-52-56-60-64-68-72-76-89(94)102-82-87(108-91(96)78-74-70-66-62-58-54-50-45-40-36-32-28-24-20-16-12-8-4)84-106-110(99,100)104-80-85(92)79-103-109(97,98)105-83-86(107-90(95)77-73-69-65-61-57-53-49-44-39-35-31-27-23-19-15-11-7-3)81-101-88(93)75-71-67-63-59-55-51-47-43-38-34-30-26-22-18-14-10-6-2/h9-16,21-28,33-40,42,46-47,49,51-53,56,85-87,92H,5-8,17-20,29-32,41,43-45,48,50,54-55,57-84H2,1-4H3,(H,97,98)(H,99,100)/b13-9-,14-10-,15-11-,16-12-,25-21-,26-22-,27-23-,28-24-,37-33-,38-34-,39-35-,40-36-,46-42-,51-47-,53-49-,56-52-. The highest BCUT2D eigenvalue weighted by molar-refractivity contribution is 7.47. The van der Waals surface area contributed by atoms with Crippen molar-refractivity contribution >= 4 is 39.5 Å². The molecule has 5 unspecified atom stereocenters. The summed E-state index contributed by atoms with van der Waals surface area (Å²) in [5.41, 5.74) is 0. The fraction of sp³-hybridized carbons (Fsp3) is 0.604. The second-order valence-electron chi connectivity index (χ2n) is 26.9. The third-order valence-corrected chi connectivity index (χ3v) is 18.4. The van der Waals surface area contributed by atoms with Crippen molar-refractivity contribution in [3.63, 3.8) is 0 Å². The van der Waals surface area contributed by atoms with Crippen LogP contribution in [-0.2, 0) is 65.4 Å². The molecule has 0 aliphatic carbocycles. The van der Waals surface area contributed by atoms with Crippen molar-refractivity contribution in [2.24, 2.45) is 0 Å². The van der Waals surface area contributed by atoms with Crippen molar-refractivity contribution in [2.45, 2.75) is 316 Å². The SMILES string of the molecule is CC/C=C\C/C=C\C/C=C\C/C=C\C/C=C\CCCCCC(=O)OCC(COP(=O)(O)OCC(O)COP(=O)(O)OCC(COC(=O)CCCCCC/C=C\C/C=C\C/C=C\C/C=C\CC)OC(=O)CCCCCC/C=C\C/C=C\C/C=C\C/C=C\CC)OC(=O)CCCCCCCCC/C=C\C/C=C\C/C=C\CC. The summed E-state index contributed by atoms with van der Waals surface area (Å²) in [6, 6.07) is 0. The lowest BCUT2D eigenvalue weighted by molar-refractivity contribution is -0.161. The molecule has 0 fully saturated rings. The van der Waals surface area contributed by atoms with Crippen LogP contribution in [0.5, 0.6) is 0 Å². The molecule has 0 aliphatic rings. The average Bonchev–Trinajstić information content (AvgIpc) is 0.906. The van der Waals surface area contributed by atoms with Crippen LogP contribution in [0.1, 0.15) is 297 Å². The highest BCUT2D eigenvalue weighted by Crippen LogP contribution is 2.45. The van der Waals surface area contributed by atoms with E-state index < -0.39 is 97.5 Å². The van der Waals surface area contributed by atoms with Crippen LogP contribution in [-0.4, -0.2) is 96.7 Å². The first-order chi connectivity index (χ1) is 53.7. The lowest BCUT2D eigenvalue weighted by Crippen LogP contribution is -2.30. The monoisotopic (exact) mass is 1570 g/mol. The van der Waals surface area contributed by atoms with E-state index in [1.54, 1.807) is 0 Å². The number of allylic oxidation sites excluding steroid dienone is 32. The van der Waals surface area contributed by atoms with E-state index in [4.69, 9.17) is 37.0 Å². The highest BCUT2D eigenvalue weighted by Gasteiger charge is 2.30. The molecule has 0 saturated carbocycles. The Labute approximate surface area is 666 Å². The molecule has 19 heteroatoms. The minimum atomic E-state index is -5.01. The Hall–Kier alpha value is -6.10. The number of phosphoric ester groups is 2. The zero-order valence-corrected chi connectivity index (χ0v) is 69.9. The molecule has 110 heavy (non-hydrogen) atoms. The van der Waals surface area contributed by atoms with E-state index in [2.05, 4.69) is 222 Å².